The van der Waals surface area contributed by atoms with Crippen molar-refractivity contribution in [2.75, 3.05) is 18.8 Å². The van der Waals surface area contributed by atoms with Gasteiger partial charge >= 0.3 is 5.97 Å². The Morgan fingerprint density at radius 2 is 2.10 bits per heavy atom. The maximum Gasteiger partial charge on any atom is 0.310 e. The molecule has 1 aliphatic heterocycles. The van der Waals surface area contributed by atoms with Crippen LogP contribution in [-0.2, 0) is 21.2 Å². The van der Waals surface area contributed by atoms with Gasteiger partial charge in [-0.15, -0.1) is 0 Å². The normalized spacial score (nSPS) is 23.9. The highest BCUT2D eigenvalue weighted by Gasteiger charge is 2.41. The molecule has 0 radical (unpaired) electrons. The maximum atomic E-state index is 12.4. The monoisotopic (exact) mass is 312 g/mol. The third-order valence-corrected chi connectivity index (χ3v) is 5.79. The van der Waals surface area contributed by atoms with E-state index in [0.29, 0.717) is 25.8 Å². The van der Waals surface area contributed by atoms with Crippen molar-refractivity contribution in [1.29, 1.82) is 0 Å². The van der Waals surface area contributed by atoms with Gasteiger partial charge in [0.2, 0.25) is 10.0 Å². The Morgan fingerprint density at radius 3 is 2.71 bits per heavy atom. The molecule has 1 saturated heterocycles. The number of sulfonamides is 1. The SMILES string of the molecule is CC1(C(=O)O)CCCN(S(=O)(=O)CCc2ccncc2)C1. The largest absolute Gasteiger partial charge is 0.481 e. The molecule has 0 bridgehead atoms. The molecule has 2 heterocycles. The lowest BCUT2D eigenvalue weighted by molar-refractivity contribution is -0.150. The number of piperidine rings is 1. The molecule has 1 aliphatic rings. The van der Waals surface area contributed by atoms with Crippen molar-refractivity contribution in [1.82, 2.24) is 9.29 Å². The van der Waals surface area contributed by atoms with Crippen molar-refractivity contribution in [3.8, 4) is 0 Å². The molecule has 2 rings (SSSR count). The number of rotatable bonds is 5. The van der Waals surface area contributed by atoms with Crippen LogP contribution in [0.15, 0.2) is 24.5 Å². The van der Waals surface area contributed by atoms with E-state index in [9.17, 15) is 18.3 Å². The fraction of sp³-hybridized carbons (Fsp3) is 0.571. The Balaban J connectivity index is 2.04. The lowest BCUT2D eigenvalue weighted by Gasteiger charge is -2.36. The van der Waals surface area contributed by atoms with Gasteiger partial charge in [-0.2, -0.15) is 0 Å². The minimum Gasteiger partial charge on any atom is -0.481 e. The van der Waals surface area contributed by atoms with Crippen molar-refractivity contribution in [2.45, 2.75) is 26.2 Å². The van der Waals surface area contributed by atoms with Crippen LogP contribution in [0.3, 0.4) is 0 Å². The second-order valence-corrected chi connectivity index (χ2v) is 7.81. The van der Waals surface area contributed by atoms with E-state index >= 15 is 0 Å². The second-order valence-electron chi connectivity index (χ2n) is 5.72. The zero-order chi connectivity index (χ0) is 15.5. The van der Waals surface area contributed by atoms with Crippen LogP contribution in [0.2, 0.25) is 0 Å². The number of carboxylic acids is 1. The van der Waals surface area contributed by atoms with E-state index in [4.69, 9.17) is 0 Å². The summed E-state index contributed by atoms with van der Waals surface area (Å²) in [5.74, 6) is -0.941. The molecule has 0 saturated carbocycles. The minimum atomic E-state index is -3.44. The number of aliphatic carboxylic acids is 1. The van der Waals surface area contributed by atoms with E-state index in [1.165, 1.54) is 4.31 Å². The quantitative estimate of drug-likeness (QED) is 0.881. The highest BCUT2D eigenvalue weighted by molar-refractivity contribution is 7.89. The highest BCUT2D eigenvalue weighted by atomic mass is 32.2. The van der Waals surface area contributed by atoms with Crippen molar-refractivity contribution >= 4 is 16.0 Å². The van der Waals surface area contributed by atoms with Gasteiger partial charge in [-0.25, -0.2) is 12.7 Å². The summed E-state index contributed by atoms with van der Waals surface area (Å²) in [5.41, 5.74) is -0.0753. The first kappa shape index (κ1) is 15.9. The molecular formula is C14H20N2O4S. The predicted molar refractivity (Wildman–Crippen MR) is 78.3 cm³/mol. The number of nitrogens with zero attached hydrogens (tertiary/aromatic N) is 2. The molecule has 21 heavy (non-hydrogen) atoms. The standard InChI is InChI=1S/C14H20N2O4S/c1-14(13(17)18)6-2-9-16(11-14)21(19,20)10-5-12-3-7-15-8-4-12/h3-4,7-8H,2,5-6,9-11H2,1H3,(H,17,18). The number of carbonyl (C=O) groups is 1. The Bertz CT molecular complexity index is 603. The first-order valence-corrected chi connectivity index (χ1v) is 8.55. The lowest BCUT2D eigenvalue weighted by atomic mass is 9.83. The molecule has 0 aromatic carbocycles. The minimum absolute atomic E-state index is 0.00723. The molecule has 1 aromatic rings. The molecule has 6 nitrogen and oxygen atoms in total. The van der Waals surface area contributed by atoms with Crippen LogP contribution in [-0.4, -0.2) is 47.6 Å². The first-order valence-electron chi connectivity index (χ1n) is 6.94. The number of aromatic nitrogens is 1. The van der Waals surface area contributed by atoms with E-state index in [1.54, 1.807) is 31.5 Å². The van der Waals surface area contributed by atoms with Crippen LogP contribution >= 0.6 is 0 Å². The van der Waals surface area contributed by atoms with E-state index < -0.39 is 21.4 Å². The van der Waals surface area contributed by atoms with Crippen LogP contribution in [0.25, 0.3) is 0 Å². The van der Waals surface area contributed by atoms with E-state index in [-0.39, 0.29) is 12.3 Å². The number of hydrogen-bond donors (Lipinski definition) is 1. The van der Waals surface area contributed by atoms with Crippen LogP contribution < -0.4 is 0 Å². The van der Waals surface area contributed by atoms with E-state index in [1.807, 2.05) is 0 Å². The maximum absolute atomic E-state index is 12.4. The highest BCUT2D eigenvalue weighted by Crippen LogP contribution is 2.31. The molecule has 0 spiro atoms. The zero-order valence-corrected chi connectivity index (χ0v) is 12.8. The summed E-state index contributed by atoms with van der Waals surface area (Å²) >= 11 is 0. The van der Waals surface area contributed by atoms with Gasteiger partial charge in [0.25, 0.3) is 0 Å². The van der Waals surface area contributed by atoms with Gasteiger partial charge in [-0.1, -0.05) is 0 Å². The van der Waals surface area contributed by atoms with Gasteiger partial charge in [-0.3, -0.25) is 9.78 Å². The Morgan fingerprint density at radius 1 is 1.43 bits per heavy atom. The van der Waals surface area contributed by atoms with Crippen molar-refractivity contribution in [3.05, 3.63) is 30.1 Å². The molecule has 1 unspecified atom stereocenters. The van der Waals surface area contributed by atoms with Gasteiger partial charge in [0.05, 0.1) is 11.2 Å². The zero-order valence-electron chi connectivity index (χ0n) is 12.0. The topological polar surface area (TPSA) is 87.6 Å². The average molecular weight is 312 g/mol. The Kier molecular flexibility index (Phi) is 4.63. The van der Waals surface area contributed by atoms with Crippen LogP contribution in [0.4, 0.5) is 0 Å². The number of aryl methyl sites for hydroxylation is 1. The van der Waals surface area contributed by atoms with Gasteiger partial charge in [0.15, 0.2) is 0 Å². The van der Waals surface area contributed by atoms with Crippen molar-refractivity contribution in [2.24, 2.45) is 5.41 Å². The summed E-state index contributed by atoms with van der Waals surface area (Å²) in [5, 5.41) is 9.26. The van der Waals surface area contributed by atoms with Crippen LogP contribution in [0, 0.1) is 5.41 Å². The fourth-order valence-electron chi connectivity index (χ4n) is 2.53. The van der Waals surface area contributed by atoms with Crippen LogP contribution in [0.1, 0.15) is 25.3 Å². The van der Waals surface area contributed by atoms with Gasteiger partial charge in [0, 0.05) is 25.5 Å². The predicted octanol–water partition coefficient (Wildman–Crippen LogP) is 1.14. The summed E-state index contributed by atoms with van der Waals surface area (Å²) in [4.78, 5) is 15.2. The molecule has 7 heteroatoms. The molecule has 1 aromatic heterocycles. The molecular weight excluding hydrogens is 292 g/mol. The molecule has 1 atom stereocenters. The summed E-state index contributed by atoms with van der Waals surface area (Å²) in [6.45, 7) is 2.07. The second kappa shape index (κ2) is 6.11. The van der Waals surface area contributed by atoms with Gasteiger partial charge < -0.3 is 5.11 Å². The number of pyridine rings is 1. The number of hydrogen-bond acceptors (Lipinski definition) is 4. The summed E-state index contributed by atoms with van der Waals surface area (Å²) in [6, 6.07) is 3.57. The number of carboxylic acid groups (broad SMARTS) is 1. The Labute approximate surface area is 124 Å². The first-order chi connectivity index (χ1) is 9.83. The lowest BCUT2D eigenvalue weighted by Crippen LogP contribution is -2.49. The van der Waals surface area contributed by atoms with Gasteiger partial charge in [0.1, 0.15) is 0 Å². The molecule has 0 aliphatic carbocycles. The van der Waals surface area contributed by atoms with Crippen LogP contribution in [0.5, 0.6) is 0 Å². The smallest absolute Gasteiger partial charge is 0.310 e. The molecule has 1 N–H and O–H groups in total. The van der Waals surface area contributed by atoms with Crippen molar-refractivity contribution in [3.63, 3.8) is 0 Å². The third-order valence-electron chi connectivity index (χ3n) is 3.97. The molecule has 1 fully saturated rings. The Hall–Kier alpha value is -1.47. The van der Waals surface area contributed by atoms with E-state index in [0.717, 1.165) is 5.56 Å². The summed E-state index contributed by atoms with van der Waals surface area (Å²) in [6.07, 6.45) is 4.76. The fourth-order valence-corrected chi connectivity index (χ4v) is 4.17. The molecule has 0 amide bonds. The average Bonchev–Trinajstić information content (AvgIpc) is 2.46. The summed E-state index contributed by atoms with van der Waals surface area (Å²) < 4.78 is 26.1. The third kappa shape index (κ3) is 3.79. The van der Waals surface area contributed by atoms with E-state index in [2.05, 4.69) is 4.98 Å². The van der Waals surface area contributed by atoms with Gasteiger partial charge in [-0.05, 0) is 43.9 Å². The van der Waals surface area contributed by atoms with Crippen molar-refractivity contribution < 1.29 is 18.3 Å². The molecule has 116 valence electrons. The summed E-state index contributed by atoms with van der Waals surface area (Å²) in [7, 11) is -3.44.